The molecule has 2 aromatic rings. The second-order valence-corrected chi connectivity index (χ2v) is 6.00. The van der Waals surface area contributed by atoms with E-state index in [-0.39, 0.29) is 4.88 Å². The highest BCUT2D eigenvalue weighted by molar-refractivity contribution is 7.99. The van der Waals surface area contributed by atoms with Crippen molar-refractivity contribution in [2.45, 2.75) is 17.2 Å². The summed E-state index contributed by atoms with van der Waals surface area (Å²) in [4.78, 5) is 12.3. The lowest BCUT2D eigenvalue weighted by atomic mass is 10.3. The van der Waals surface area contributed by atoms with Crippen LogP contribution in [-0.4, -0.2) is 16.8 Å². The number of carbonyl (C=O) groups is 1. The Morgan fingerprint density at radius 1 is 1.30 bits per heavy atom. The van der Waals surface area contributed by atoms with Crippen LogP contribution in [0.15, 0.2) is 41.3 Å². The summed E-state index contributed by atoms with van der Waals surface area (Å²) >= 11 is 1.65. The standard InChI is InChI=1S/C13H11F2NO2S2/c14-13(15)20-10-4-2-1-3-9(10)16-7-8-5-6-11(19-8)12(17)18/h1-6,13,16H,7H2,(H,17,18). The molecule has 0 aliphatic carbocycles. The van der Waals surface area contributed by atoms with Crippen molar-refractivity contribution < 1.29 is 18.7 Å². The number of benzene rings is 1. The fourth-order valence-electron chi connectivity index (χ4n) is 1.58. The van der Waals surface area contributed by atoms with Gasteiger partial charge in [0.1, 0.15) is 4.88 Å². The number of nitrogens with one attached hydrogen (secondary N) is 1. The molecule has 0 atom stereocenters. The number of alkyl halides is 2. The third kappa shape index (κ3) is 3.94. The first kappa shape index (κ1) is 14.8. The molecular weight excluding hydrogens is 304 g/mol. The van der Waals surface area contributed by atoms with E-state index in [0.717, 1.165) is 16.2 Å². The number of hydrogen-bond acceptors (Lipinski definition) is 4. The average molecular weight is 315 g/mol. The number of carboxylic acid groups (broad SMARTS) is 1. The first-order valence-electron chi connectivity index (χ1n) is 5.66. The molecule has 0 aliphatic rings. The third-order valence-electron chi connectivity index (χ3n) is 2.43. The van der Waals surface area contributed by atoms with Crippen LogP contribution in [0.3, 0.4) is 0 Å². The van der Waals surface area contributed by atoms with Gasteiger partial charge >= 0.3 is 5.97 Å². The first-order chi connectivity index (χ1) is 9.56. The maximum Gasteiger partial charge on any atom is 0.345 e. The molecule has 2 rings (SSSR count). The van der Waals surface area contributed by atoms with Crippen molar-refractivity contribution >= 4 is 34.8 Å². The number of thiophene rings is 1. The van der Waals surface area contributed by atoms with E-state index in [1.165, 1.54) is 6.07 Å². The molecule has 0 spiro atoms. The fraction of sp³-hybridized carbons (Fsp3) is 0.154. The van der Waals surface area contributed by atoms with Crippen LogP contribution >= 0.6 is 23.1 Å². The topological polar surface area (TPSA) is 49.3 Å². The van der Waals surface area contributed by atoms with Crippen LogP contribution in [0, 0.1) is 0 Å². The van der Waals surface area contributed by atoms with Crippen LogP contribution in [0.5, 0.6) is 0 Å². The van der Waals surface area contributed by atoms with Gasteiger partial charge < -0.3 is 10.4 Å². The molecule has 1 aromatic carbocycles. The van der Waals surface area contributed by atoms with Crippen LogP contribution in [-0.2, 0) is 6.54 Å². The highest BCUT2D eigenvalue weighted by atomic mass is 32.2. The number of anilines is 1. The Bertz CT molecular complexity index is 602. The van der Waals surface area contributed by atoms with Crippen molar-refractivity contribution in [3.63, 3.8) is 0 Å². The Balaban J connectivity index is 2.04. The Kier molecular flexibility index (Phi) is 4.97. The van der Waals surface area contributed by atoms with Gasteiger partial charge in [-0.3, -0.25) is 0 Å². The molecule has 0 unspecified atom stereocenters. The van der Waals surface area contributed by atoms with E-state index in [4.69, 9.17) is 5.11 Å². The summed E-state index contributed by atoms with van der Waals surface area (Å²) < 4.78 is 24.9. The maximum atomic E-state index is 12.4. The van der Waals surface area contributed by atoms with Gasteiger partial charge in [0.25, 0.3) is 5.76 Å². The average Bonchev–Trinajstić information content (AvgIpc) is 2.86. The van der Waals surface area contributed by atoms with E-state index in [0.29, 0.717) is 28.9 Å². The van der Waals surface area contributed by atoms with E-state index >= 15 is 0 Å². The predicted molar refractivity (Wildman–Crippen MR) is 76.9 cm³/mol. The van der Waals surface area contributed by atoms with Gasteiger partial charge in [0.05, 0.1) is 0 Å². The molecular formula is C13H11F2NO2S2. The van der Waals surface area contributed by atoms with Gasteiger partial charge in [-0.05, 0) is 24.3 Å². The molecule has 3 nitrogen and oxygen atoms in total. The molecule has 106 valence electrons. The van der Waals surface area contributed by atoms with Crippen molar-refractivity contribution in [3.05, 3.63) is 46.2 Å². The molecule has 0 bridgehead atoms. The number of halogens is 2. The summed E-state index contributed by atoms with van der Waals surface area (Å²) in [5.74, 6) is -3.44. The van der Waals surface area contributed by atoms with Gasteiger partial charge in [-0.25, -0.2) is 4.79 Å². The molecule has 0 saturated carbocycles. The zero-order valence-corrected chi connectivity index (χ0v) is 11.8. The van der Waals surface area contributed by atoms with Gasteiger partial charge in [0, 0.05) is 22.0 Å². The largest absolute Gasteiger partial charge is 0.477 e. The van der Waals surface area contributed by atoms with Gasteiger partial charge in [0.2, 0.25) is 0 Å². The zero-order chi connectivity index (χ0) is 14.5. The number of rotatable bonds is 6. The number of para-hydroxylation sites is 1. The number of thioether (sulfide) groups is 1. The monoisotopic (exact) mass is 315 g/mol. The minimum atomic E-state index is -2.47. The molecule has 0 saturated heterocycles. The Labute approximate surface area is 122 Å². The molecule has 0 aliphatic heterocycles. The first-order valence-corrected chi connectivity index (χ1v) is 7.35. The van der Waals surface area contributed by atoms with Crippen molar-refractivity contribution in [1.82, 2.24) is 0 Å². The summed E-state index contributed by atoms with van der Waals surface area (Å²) in [6.45, 7) is 0.402. The van der Waals surface area contributed by atoms with E-state index in [1.54, 1.807) is 30.3 Å². The summed E-state index contributed by atoms with van der Waals surface area (Å²) in [6, 6.07) is 10.0. The highest BCUT2D eigenvalue weighted by Gasteiger charge is 2.10. The van der Waals surface area contributed by atoms with Gasteiger partial charge in [-0.15, -0.1) is 11.3 Å². The van der Waals surface area contributed by atoms with Crippen molar-refractivity contribution in [2.75, 3.05) is 5.32 Å². The molecule has 20 heavy (non-hydrogen) atoms. The molecule has 7 heteroatoms. The minimum Gasteiger partial charge on any atom is -0.477 e. The van der Waals surface area contributed by atoms with E-state index < -0.39 is 11.7 Å². The lowest BCUT2D eigenvalue weighted by Crippen LogP contribution is -1.99. The van der Waals surface area contributed by atoms with Crippen molar-refractivity contribution in [1.29, 1.82) is 0 Å². The third-order valence-corrected chi connectivity index (χ3v) is 4.29. The minimum absolute atomic E-state index is 0.261. The lowest BCUT2D eigenvalue weighted by molar-refractivity contribution is 0.0702. The summed E-state index contributed by atoms with van der Waals surface area (Å²) in [5.41, 5.74) is 0.614. The quantitative estimate of drug-likeness (QED) is 0.777. The SMILES string of the molecule is O=C(O)c1ccc(CNc2ccccc2SC(F)F)s1. The van der Waals surface area contributed by atoms with Crippen LogP contribution in [0.2, 0.25) is 0 Å². The van der Waals surface area contributed by atoms with Crippen LogP contribution < -0.4 is 5.32 Å². The van der Waals surface area contributed by atoms with Crippen LogP contribution in [0.4, 0.5) is 14.5 Å². The lowest BCUT2D eigenvalue weighted by Gasteiger charge is -2.10. The van der Waals surface area contributed by atoms with Crippen LogP contribution in [0.1, 0.15) is 14.5 Å². The molecule has 1 heterocycles. The Morgan fingerprint density at radius 3 is 2.70 bits per heavy atom. The van der Waals surface area contributed by atoms with E-state index in [2.05, 4.69) is 5.32 Å². The Hall–Kier alpha value is -1.60. The molecule has 1 aromatic heterocycles. The van der Waals surface area contributed by atoms with Gasteiger partial charge in [-0.2, -0.15) is 8.78 Å². The highest BCUT2D eigenvalue weighted by Crippen LogP contribution is 2.32. The van der Waals surface area contributed by atoms with E-state index in [9.17, 15) is 13.6 Å². The smallest absolute Gasteiger partial charge is 0.345 e. The summed E-state index contributed by atoms with van der Waals surface area (Å²) in [7, 11) is 0. The second-order valence-electron chi connectivity index (χ2n) is 3.80. The second kappa shape index (κ2) is 6.71. The van der Waals surface area contributed by atoms with Crippen LogP contribution in [0.25, 0.3) is 0 Å². The van der Waals surface area contributed by atoms with Crippen molar-refractivity contribution in [2.24, 2.45) is 0 Å². The molecule has 0 fully saturated rings. The summed E-state index contributed by atoms with van der Waals surface area (Å²) in [5, 5.41) is 11.9. The number of aromatic carboxylic acids is 1. The molecule has 0 amide bonds. The predicted octanol–water partition coefficient (Wildman–Crippen LogP) is 4.37. The number of hydrogen-bond donors (Lipinski definition) is 2. The fourth-order valence-corrected chi connectivity index (χ4v) is 2.98. The Morgan fingerprint density at radius 2 is 2.05 bits per heavy atom. The zero-order valence-electron chi connectivity index (χ0n) is 10.2. The van der Waals surface area contributed by atoms with E-state index in [1.807, 2.05) is 0 Å². The maximum absolute atomic E-state index is 12.4. The van der Waals surface area contributed by atoms with Gasteiger partial charge in [-0.1, -0.05) is 23.9 Å². The van der Waals surface area contributed by atoms with Crippen molar-refractivity contribution in [3.8, 4) is 0 Å². The number of carboxylic acids is 1. The summed E-state index contributed by atoms with van der Waals surface area (Å²) in [6.07, 6.45) is 0. The van der Waals surface area contributed by atoms with Gasteiger partial charge in [0.15, 0.2) is 0 Å². The molecule has 2 N–H and O–H groups in total. The molecule has 0 radical (unpaired) electrons. The normalized spacial score (nSPS) is 10.8.